The summed E-state index contributed by atoms with van der Waals surface area (Å²) in [6.45, 7) is 14.7. The molecule has 0 spiro atoms. The zero-order valence-electron chi connectivity index (χ0n) is 49.1. The fourth-order valence-electron chi connectivity index (χ4n) is 9.09. The zero-order chi connectivity index (χ0) is 65.3. The number of nitriles is 15. The van der Waals surface area contributed by atoms with Crippen molar-refractivity contribution in [3.8, 4) is 128 Å². The van der Waals surface area contributed by atoms with Crippen LogP contribution in [0.3, 0.4) is 0 Å². The molecule has 5 aliphatic heterocycles. The van der Waals surface area contributed by atoms with Crippen LogP contribution in [-0.4, -0.2) is 268 Å². The molecule has 5 rings (SSSR count). The van der Waals surface area contributed by atoms with Crippen LogP contribution in [0.15, 0.2) is 0 Å². The van der Waals surface area contributed by atoms with Crippen molar-refractivity contribution in [3.63, 3.8) is 0 Å². The smallest absolute Gasteiger partial charge is 0.213 e. The van der Waals surface area contributed by atoms with Crippen LogP contribution in [0.5, 0.6) is 0 Å². The number of nitrogens with zero attached hydrogens (tertiary/aromatic N) is 30. The molecule has 0 amide bonds. The van der Waals surface area contributed by atoms with E-state index in [-0.39, 0.29) is 90.8 Å². The van der Waals surface area contributed by atoms with Gasteiger partial charge < -0.3 is 4.74 Å². The second-order valence-electron chi connectivity index (χ2n) is 19.0. The first-order chi connectivity index (χ1) is 42.0. The number of ether oxygens (including phenoxy) is 1. The van der Waals surface area contributed by atoms with E-state index in [0.29, 0.717) is 79.3 Å². The van der Waals surface area contributed by atoms with Crippen molar-refractivity contribution >= 4 is 0 Å². The fourth-order valence-corrected chi connectivity index (χ4v) is 9.09. The monoisotopic (exact) mass is 1180 g/mol. The molecule has 5 aliphatic rings. The van der Waals surface area contributed by atoms with Gasteiger partial charge in [0.1, 0.15) is 0 Å². The number of rotatable bonds is 16. The standard InChI is InChI=1S/C13H10N8.C11H16N6O.C11H15N5.C10H12FN5.C10H14N6/c1-2-11(3-14)19-8-20(12(4-15)5-16)10-21(9-19)13(6-17)7-18;1-2-18-11-16(7-4-13)9-15(6-3-12)10-17(11)8-5-14;1-4-6-14-9-15(7-5-12)11(3)16(8-13)10(14)2;1-2-5-15-8-14(6-3-12)9-16(7-4-13)10(15)11;1-10-15(6-3-12)8-14(5-2-11)9-16(10)7-4-13/h1,11-13H,8-10H2;11H,2,6-10H2,1H3;1,10-11H,6-7,9H2,2-3H3;1,10H,5-9H2;10H,5-9H2,1H3. The van der Waals surface area contributed by atoms with E-state index < -0.39 is 24.5 Å². The van der Waals surface area contributed by atoms with Gasteiger partial charge in [-0.3, -0.25) is 44.1 Å². The van der Waals surface area contributed by atoms with E-state index in [1.807, 2.05) is 109 Å². The molecule has 0 bridgehead atoms. The third kappa shape index (κ3) is 24.0. The fraction of sp³-hybridized carbons (Fsp3) is 0.618. The van der Waals surface area contributed by atoms with Gasteiger partial charge >= 0.3 is 0 Å². The maximum absolute atomic E-state index is 13.8. The Morgan fingerprint density at radius 2 is 0.667 bits per heavy atom. The van der Waals surface area contributed by atoms with Gasteiger partial charge in [-0.25, -0.2) is 33.8 Å². The minimum Gasteiger partial charge on any atom is -0.350 e. The first kappa shape index (κ1) is 75.2. The lowest BCUT2D eigenvalue weighted by Crippen LogP contribution is -2.63. The quantitative estimate of drug-likeness (QED) is 0.0737. The molecule has 0 N–H and O–H groups in total. The van der Waals surface area contributed by atoms with Gasteiger partial charge in [-0.2, -0.15) is 78.9 Å². The second kappa shape index (κ2) is 42.9. The van der Waals surface area contributed by atoms with Crippen molar-refractivity contribution in [3.05, 3.63) is 0 Å². The lowest BCUT2D eigenvalue weighted by Gasteiger charge is -2.47. The number of alkyl halides is 1. The van der Waals surface area contributed by atoms with E-state index in [9.17, 15) is 4.39 Å². The molecule has 87 heavy (non-hydrogen) atoms. The van der Waals surface area contributed by atoms with Crippen LogP contribution in [0.25, 0.3) is 0 Å². The molecule has 4 unspecified atom stereocenters. The second-order valence-corrected chi connectivity index (χ2v) is 19.0. The maximum atomic E-state index is 13.8. The third-order valence-corrected chi connectivity index (χ3v) is 13.3. The topological polar surface area (TPSA) is 415 Å². The number of hydrogen-bond acceptors (Lipinski definition) is 31. The van der Waals surface area contributed by atoms with Crippen molar-refractivity contribution < 1.29 is 9.13 Å². The Bertz CT molecular complexity index is 2670. The molecular formula is C55H67FN30O. The minimum atomic E-state index is -1.36. The lowest BCUT2D eigenvalue weighted by atomic mass is 10.2. The molecule has 5 saturated heterocycles. The van der Waals surface area contributed by atoms with E-state index in [1.54, 1.807) is 9.80 Å². The van der Waals surface area contributed by atoms with E-state index >= 15 is 0 Å². The van der Waals surface area contributed by atoms with Gasteiger partial charge in [0, 0.05) is 6.61 Å². The highest BCUT2D eigenvalue weighted by molar-refractivity contribution is 5.16. The van der Waals surface area contributed by atoms with Gasteiger partial charge in [0.2, 0.25) is 6.42 Å². The van der Waals surface area contributed by atoms with Gasteiger partial charge in [-0.05, 0) is 27.7 Å². The van der Waals surface area contributed by atoms with Crippen molar-refractivity contribution in [2.24, 2.45) is 0 Å². The Kier molecular flexibility index (Phi) is 37.1. The molecule has 0 radical (unpaired) electrons. The first-order valence-corrected chi connectivity index (χ1v) is 26.4. The highest BCUT2D eigenvalue weighted by Crippen LogP contribution is 2.21. The predicted molar refractivity (Wildman–Crippen MR) is 301 cm³/mol. The molecule has 0 aliphatic carbocycles. The number of hydrogen-bond donors (Lipinski definition) is 0. The van der Waals surface area contributed by atoms with Crippen LogP contribution < -0.4 is 0 Å². The van der Waals surface area contributed by atoms with Crippen LogP contribution in [0.1, 0.15) is 27.7 Å². The molecule has 0 aromatic rings. The molecule has 31 nitrogen and oxygen atoms in total. The van der Waals surface area contributed by atoms with Gasteiger partial charge in [0.05, 0.1) is 242 Å². The van der Waals surface area contributed by atoms with E-state index in [4.69, 9.17) is 103 Å². The highest BCUT2D eigenvalue weighted by Gasteiger charge is 2.38. The van der Waals surface area contributed by atoms with E-state index in [1.165, 1.54) is 24.5 Å². The van der Waals surface area contributed by atoms with E-state index in [2.05, 4.69) is 66.4 Å². The Balaban J connectivity index is 0.000000546. The van der Waals surface area contributed by atoms with Gasteiger partial charge in [-0.15, -0.1) is 19.3 Å². The van der Waals surface area contributed by atoms with Gasteiger partial charge in [0.25, 0.3) is 0 Å². The minimum absolute atomic E-state index is 0.0222. The molecule has 5 fully saturated rings. The van der Waals surface area contributed by atoms with Crippen molar-refractivity contribution in [1.29, 1.82) is 78.9 Å². The van der Waals surface area contributed by atoms with Crippen LogP contribution in [0.2, 0.25) is 0 Å². The van der Waals surface area contributed by atoms with Crippen molar-refractivity contribution in [1.82, 2.24) is 73.5 Å². The number of halogens is 1. The SMILES string of the molecule is C#CC(C#N)N1CN(C(C#N)C#N)CN(C(C#N)C#N)C1.C#CCN1CN(CC#N)C(C)N(C#N)C1C.C#CCN1CN(CC#N)CN(CC#N)C1F.CC1N(CC#N)CN(CC#N)CN1CC#N.CCOC1N(CC#N)CN(CC#N)CN1CC#N. The maximum Gasteiger partial charge on any atom is 0.213 e. The largest absolute Gasteiger partial charge is 0.350 e. The Morgan fingerprint density at radius 3 is 0.989 bits per heavy atom. The third-order valence-electron chi connectivity index (χ3n) is 13.3. The molecule has 32 heteroatoms. The summed E-state index contributed by atoms with van der Waals surface area (Å²) >= 11 is 0. The van der Waals surface area contributed by atoms with Crippen LogP contribution >= 0.6 is 0 Å². The Labute approximate surface area is 510 Å². The lowest BCUT2D eigenvalue weighted by molar-refractivity contribution is -0.199. The van der Waals surface area contributed by atoms with Gasteiger partial charge in [0.15, 0.2) is 30.7 Å². The normalized spacial score (nSPS) is 21.1. The summed E-state index contributed by atoms with van der Waals surface area (Å²) in [5.74, 6) is 7.22. The molecular weight excluding hydrogens is 1120 g/mol. The van der Waals surface area contributed by atoms with Crippen molar-refractivity contribution in [2.45, 2.75) is 77.1 Å². The summed E-state index contributed by atoms with van der Waals surface area (Å²) < 4.78 is 19.4. The molecule has 4 atom stereocenters. The molecule has 5 heterocycles. The Morgan fingerprint density at radius 1 is 0.379 bits per heavy atom. The summed E-state index contributed by atoms with van der Waals surface area (Å²) in [5, 5.41) is 132. The van der Waals surface area contributed by atoms with Crippen molar-refractivity contribution in [2.75, 3.05) is 145 Å². The predicted octanol–water partition coefficient (Wildman–Crippen LogP) is -1.47. The Hall–Kier alpha value is -9.84. The summed E-state index contributed by atoms with van der Waals surface area (Å²) in [5.41, 5.74) is 0. The summed E-state index contributed by atoms with van der Waals surface area (Å²) in [7, 11) is 0. The molecule has 0 aromatic carbocycles. The number of terminal acetylenes is 3. The molecule has 0 aromatic heterocycles. The van der Waals surface area contributed by atoms with Crippen LogP contribution in [0, 0.1) is 207 Å². The summed E-state index contributed by atoms with van der Waals surface area (Å²) in [6.07, 6.45) is 16.1. The van der Waals surface area contributed by atoms with Crippen LogP contribution in [-0.2, 0) is 4.74 Å². The molecule has 0 saturated carbocycles. The highest BCUT2D eigenvalue weighted by atomic mass is 19.1. The summed E-state index contributed by atoms with van der Waals surface area (Å²) in [4.78, 5) is 25.7. The average molecular weight is 1180 g/mol. The molecule has 450 valence electrons. The first-order valence-electron chi connectivity index (χ1n) is 26.4. The van der Waals surface area contributed by atoms with E-state index in [0.717, 1.165) is 0 Å². The summed E-state index contributed by atoms with van der Waals surface area (Å²) in [6, 6.07) is 24.7. The van der Waals surface area contributed by atoms with Crippen LogP contribution in [0.4, 0.5) is 4.39 Å². The van der Waals surface area contributed by atoms with Gasteiger partial charge in [-0.1, -0.05) is 17.8 Å². The zero-order valence-corrected chi connectivity index (χ0v) is 49.1. The average Bonchev–Trinajstić information content (AvgIpc) is 2.75.